The molecule has 264 valence electrons. The summed E-state index contributed by atoms with van der Waals surface area (Å²) in [7, 11) is 0. The van der Waals surface area contributed by atoms with Crippen LogP contribution in [0.4, 0.5) is 11.8 Å². The molecule has 2 aliphatic carbocycles. The van der Waals surface area contributed by atoms with Gasteiger partial charge in [0.05, 0.1) is 12.9 Å². The molecule has 0 spiro atoms. The van der Waals surface area contributed by atoms with Gasteiger partial charge in [0, 0.05) is 12.4 Å². The van der Waals surface area contributed by atoms with Crippen molar-refractivity contribution in [2.24, 2.45) is 45.3 Å². The molecule has 3 fully saturated rings. The number of nitrogens with zero attached hydrogens (tertiary/aromatic N) is 6. The molecule has 0 radical (unpaired) electrons. The number of carbonyl (C=O) groups excluding carboxylic acids is 2. The van der Waals surface area contributed by atoms with Crippen LogP contribution >= 0.6 is 0 Å². The van der Waals surface area contributed by atoms with Crippen LogP contribution in [0.5, 0.6) is 0 Å². The van der Waals surface area contributed by atoms with E-state index >= 15 is 0 Å². The van der Waals surface area contributed by atoms with Gasteiger partial charge in [0.2, 0.25) is 5.95 Å². The number of esters is 2. The third-order valence-electron chi connectivity index (χ3n) is 9.35. The topological polar surface area (TPSA) is 226 Å². The molecule has 0 amide bonds. The van der Waals surface area contributed by atoms with E-state index in [1.165, 1.54) is 32.0 Å². The van der Waals surface area contributed by atoms with Crippen LogP contribution in [0.1, 0.15) is 85.3 Å². The third-order valence-corrected chi connectivity index (χ3v) is 9.35. The maximum absolute atomic E-state index is 13.2. The average Bonchev–Trinajstić information content (AvgIpc) is 3.89. The monoisotopic (exact) mass is 670 g/mol. The lowest BCUT2D eigenvalue weighted by molar-refractivity contribution is -0.171. The molecule has 48 heavy (non-hydrogen) atoms. The molecular weight excluding hydrogens is 620 g/mol. The van der Waals surface area contributed by atoms with Gasteiger partial charge in [-0.25, -0.2) is 10.4 Å². The van der Waals surface area contributed by atoms with Crippen LogP contribution in [0.2, 0.25) is 0 Å². The molecular formula is C32H50N10O6. The zero-order valence-corrected chi connectivity index (χ0v) is 28.2. The summed E-state index contributed by atoms with van der Waals surface area (Å²) in [6.45, 7) is 6.61. The van der Waals surface area contributed by atoms with Crippen LogP contribution in [-0.4, -0.2) is 86.0 Å². The number of carbonyl (C=O) groups is 2. The molecule has 2 aromatic heterocycles. The molecule has 1 aliphatic heterocycles. The fraction of sp³-hybridized carbons (Fsp3) is 0.719. The molecule has 2 aromatic rings. The van der Waals surface area contributed by atoms with Crippen molar-refractivity contribution < 1.29 is 28.9 Å². The van der Waals surface area contributed by atoms with Crippen molar-refractivity contribution in [3.05, 3.63) is 6.33 Å². The summed E-state index contributed by atoms with van der Waals surface area (Å²) < 4.78 is 19.5. The molecule has 16 heteroatoms. The number of nitrogens with one attached hydrogen (secondary N) is 2. The van der Waals surface area contributed by atoms with E-state index in [9.17, 15) is 14.7 Å². The van der Waals surface area contributed by atoms with Gasteiger partial charge in [-0.15, -0.1) is 0 Å². The molecule has 5 rings (SSSR count). The van der Waals surface area contributed by atoms with Gasteiger partial charge in [-0.2, -0.15) is 20.2 Å². The van der Waals surface area contributed by atoms with Crippen LogP contribution in [0.25, 0.3) is 11.2 Å². The standard InChI is InChI=1S/C32H50N10O6/c1-17(2)22(33)30(44)47-25-21(15-43)46-29(26(25)48-31(45)23(34)18(3)4)42-16-35-24-27(40-36-13-19-9-5-6-10-19)38-32(39-28(24)42)41-37-14-20-11-7-8-12-20/h13-14,16-23,25-26,29,43H,5-12,15,33-34H2,1-4H3,(H2,38,39,40,41)/b36-13-,37-14-/t21-,22+,23+,25-,26-,29-/m1/s1. The van der Waals surface area contributed by atoms with Crippen LogP contribution in [0.3, 0.4) is 0 Å². The Kier molecular flexibility index (Phi) is 11.9. The fourth-order valence-corrected chi connectivity index (χ4v) is 6.16. The Labute approximate surface area is 280 Å². The molecule has 3 aliphatic rings. The highest BCUT2D eigenvalue weighted by atomic mass is 16.6. The Morgan fingerprint density at radius 2 is 1.48 bits per heavy atom. The summed E-state index contributed by atoms with van der Waals surface area (Å²) >= 11 is 0. The maximum Gasteiger partial charge on any atom is 0.323 e. The molecule has 2 saturated carbocycles. The number of aromatic nitrogens is 4. The fourth-order valence-electron chi connectivity index (χ4n) is 6.16. The lowest BCUT2D eigenvalue weighted by atomic mass is 10.0. The highest BCUT2D eigenvalue weighted by Gasteiger charge is 2.51. The van der Waals surface area contributed by atoms with Gasteiger partial charge >= 0.3 is 11.9 Å². The molecule has 7 N–H and O–H groups in total. The lowest BCUT2D eigenvalue weighted by Crippen LogP contribution is -2.47. The molecule has 3 heterocycles. The van der Waals surface area contributed by atoms with E-state index in [-0.39, 0.29) is 17.8 Å². The van der Waals surface area contributed by atoms with E-state index in [0.29, 0.717) is 28.8 Å². The number of rotatable bonds is 14. The normalized spacial score (nSPS) is 25.2. The first-order valence-corrected chi connectivity index (χ1v) is 17.1. The first kappa shape index (κ1) is 35.6. The molecule has 16 nitrogen and oxygen atoms in total. The van der Waals surface area contributed by atoms with Crippen LogP contribution in [-0.2, 0) is 23.8 Å². The zero-order valence-electron chi connectivity index (χ0n) is 28.2. The van der Waals surface area contributed by atoms with Gasteiger partial charge in [0.15, 0.2) is 35.4 Å². The van der Waals surface area contributed by atoms with Crippen LogP contribution in [0, 0.1) is 23.7 Å². The number of fused-ring (bicyclic) bond motifs is 1. The first-order chi connectivity index (χ1) is 23.1. The van der Waals surface area contributed by atoms with Crippen molar-refractivity contribution in [2.45, 2.75) is 116 Å². The summed E-state index contributed by atoms with van der Waals surface area (Å²) in [5.41, 5.74) is 18.8. The number of aliphatic hydroxyl groups is 1. The van der Waals surface area contributed by atoms with Gasteiger partial charge in [0.25, 0.3) is 0 Å². The summed E-state index contributed by atoms with van der Waals surface area (Å²) in [5, 5.41) is 19.2. The highest BCUT2D eigenvalue weighted by molar-refractivity contribution is 5.85. The average molecular weight is 671 g/mol. The van der Waals surface area contributed by atoms with Crippen LogP contribution in [0.15, 0.2) is 16.5 Å². The van der Waals surface area contributed by atoms with E-state index < -0.39 is 55.2 Å². The van der Waals surface area contributed by atoms with Crippen molar-refractivity contribution in [2.75, 3.05) is 17.5 Å². The van der Waals surface area contributed by atoms with E-state index in [1.54, 1.807) is 32.3 Å². The second kappa shape index (κ2) is 16.1. The maximum atomic E-state index is 13.2. The Morgan fingerprint density at radius 1 is 0.938 bits per heavy atom. The van der Waals surface area contributed by atoms with E-state index in [1.807, 2.05) is 12.4 Å². The molecule has 6 atom stereocenters. The smallest absolute Gasteiger partial charge is 0.323 e. The summed E-state index contributed by atoms with van der Waals surface area (Å²) in [6, 6.07) is -1.91. The zero-order chi connectivity index (χ0) is 34.4. The number of hydrogen-bond acceptors (Lipinski definition) is 15. The number of hydrogen-bond donors (Lipinski definition) is 5. The van der Waals surface area contributed by atoms with E-state index in [0.717, 1.165) is 25.7 Å². The Morgan fingerprint density at radius 3 is 2.02 bits per heavy atom. The lowest BCUT2D eigenvalue weighted by Gasteiger charge is -2.27. The van der Waals surface area contributed by atoms with Gasteiger partial charge in [-0.05, 0) is 49.4 Å². The van der Waals surface area contributed by atoms with Crippen molar-refractivity contribution in [3.63, 3.8) is 0 Å². The Bertz CT molecular complexity index is 1450. The van der Waals surface area contributed by atoms with Gasteiger partial charge in [-0.3, -0.25) is 19.6 Å². The number of ether oxygens (including phenoxy) is 3. The minimum atomic E-state index is -1.23. The van der Waals surface area contributed by atoms with E-state index in [2.05, 4.69) is 31.0 Å². The molecule has 0 aromatic carbocycles. The van der Waals surface area contributed by atoms with Gasteiger partial charge in [-0.1, -0.05) is 53.4 Å². The minimum Gasteiger partial charge on any atom is -0.454 e. The number of nitrogens with two attached hydrogens (primary N) is 2. The minimum absolute atomic E-state index is 0.176. The third kappa shape index (κ3) is 8.28. The van der Waals surface area contributed by atoms with Gasteiger partial charge in [0.1, 0.15) is 18.2 Å². The predicted octanol–water partition coefficient (Wildman–Crippen LogP) is 2.68. The van der Waals surface area contributed by atoms with E-state index in [4.69, 9.17) is 30.7 Å². The molecule has 0 unspecified atom stereocenters. The van der Waals surface area contributed by atoms with Crippen molar-refractivity contribution in [1.29, 1.82) is 0 Å². The second-order valence-electron chi connectivity index (χ2n) is 13.7. The molecule has 0 bridgehead atoms. The number of anilines is 2. The quantitative estimate of drug-likeness (QED) is 0.111. The summed E-state index contributed by atoms with van der Waals surface area (Å²) in [6.07, 6.45) is 9.65. The van der Waals surface area contributed by atoms with Crippen molar-refractivity contribution in [1.82, 2.24) is 19.5 Å². The Hall–Kier alpha value is -3.73. The highest BCUT2D eigenvalue weighted by Crippen LogP contribution is 2.37. The Balaban J connectivity index is 1.51. The number of hydrazone groups is 2. The predicted molar refractivity (Wildman–Crippen MR) is 180 cm³/mol. The summed E-state index contributed by atoms with van der Waals surface area (Å²) in [4.78, 5) is 40.1. The first-order valence-electron chi connectivity index (χ1n) is 17.1. The largest absolute Gasteiger partial charge is 0.454 e. The second-order valence-corrected chi connectivity index (χ2v) is 13.7. The van der Waals surface area contributed by atoms with Crippen LogP contribution < -0.4 is 22.3 Å². The SMILES string of the molecule is CC(C)[C@H](N)C(=O)O[C@@H]1[C@H](OC(=O)[C@@H](N)C(C)C)[C@@H](CO)O[C@H]1n1cnc2c(N/N=C\C3CCCC3)nc(N/N=C\C3CCCC3)nc21. The summed E-state index contributed by atoms with van der Waals surface area (Å²) in [5.74, 6) is -0.623. The number of imidazole rings is 1. The van der Waals surface area contributed by atoms with Gasteiger partial charge < -0.3 is 30.8 Å². The molecule has 1 saturated heterocycles. The number of aliphatic hydroxyl groups excluding tert-OH is 1. The van der Waals surface area contributed by atoms with Crippen molar-refractivity contribution in [3.8, 4) is 0 Å². The van der Waals surface area contributed by atoms with Crippen molar-refractivity contribution >= 4 is 47.3 Å².